The molecule has 0 aliphatic rings. The minimum Gasteiger partial charge on any atom is -0.493 e. The summed E-state index contributed by atoms with van der Waals surface area (Å²) in [4.78, 5) is 35.9. The van der Waals surface area contributed by atoms with E-state index in [0.717, 1.165) is 5.56 Å². The van der Waals surface area contributed by atoms with Crippen molar-refractivity contribution in [1.82, 2.24) is 10.7 Å². The van der Waals surface area contributed by atoms with Gasteiger partial charge in [-0.2, -0.15) is 5.10 Å². The highest BCUT2D eigenvalue weighted by Gasteiger charge is 2.12. The second-order valence-electron chi connectivity index (χ2n) is 7.44. The third-order valence-corrected chi connectivity index (χ3v) is 4.80. The molecule has 10 heteroatoms. The van der Waals surface area contributed by atoms with Crippen LogP contribution in [0.4, 0.5) is 10.1 Å². The second kappa shape index (κ2) is 13.2. The number of benzene rings is 3. The van der Waals surface area contributed by atoms with Crippen molar-refractivity contribution in [2.75, 3.05) is 25.6 Å². The standard InChI is InChI=1S/C26H25FN4O5/c1-35-23-15-19(7-12-22(23)36-17-24(32)30-21-10-8-20(27)9-11-21)16-29-31-26(34)25(33)28-14-13-18-5-3-2-4-6-18/h2-12,15-16H,13-14,17H2,1H3,(H,28,33)(H,30,32)(H,31,34)/b29-16-. The van der Waals surface area contributed by atoms with Crippen LogP contribution < -0.4 is 25.5 Å². The van der Waals surface area contributed by atoms with Gasteiger partial charge in [-0.05, 0) is 60.0 Å². The summed E-state index contributed by atoms with van der Waals surface area (Å²) in [6, 6.07) is 19.7. The monoisotopic (exact) mass is 492 g/mol. The quantitative estimate of drug-likeness (QED) is 0.229. The number of rotatable bonds is 10. The zero-order valence-electron chi connectivity index (χ0n) is 19.5. The van der Waals surface area contributed by atoms with E-state index >= 15 is 0 Å². The molecule has 0 aliphatic heterocycles. The highest BCUT2D eigenvalue weighted by atomic mass is 19.1. The van der Waals surface area contributed by atoms with Crippen LogP contribution in [0.1, 0.15) is 11.1 Å². The van der Waals surface area contributed by atoms with Crippen molar-refractivity contribution in [2.45, 2.75) is 6.42 Å². The molecule has 0 saturated carbocycles. The molecule has 3 rings (SSSR count). The van der Waals surface area contributed by atoms with Crippen LogP contribution >= 0.6 is 0 Å². The van der Waals surface area contributed by atoms with Crippen molar-refractivity contribution in [3.8, 4) is 11.5 Å². The number of carbonyl (C=O) groups excluding carboxylic acids is 3. The number of methoxy groups -OCH3 is 1. The number of hydrogen-bond acceptors (Lipinski definition) is 6. The molecule has 0 bridgehead atoms. The Bertz CT molecular complexity index is 1220. The minimum atomic E-state index is -0.890. The summed E-state index contributed by atoms with van der Waals surface area (Å²) >= 11 is 0. The number of hydrogen-bond donors (Lipinski definition) is 3. The van der Waals surface area contributed by atoms with Crippen LogP contribution in [-0.2, 0) is 20.8 Å². The van der Waals surface area contributed by atoms with Gasteiger partial charge >= 0.3 is 11.8 Å². The van der Waals surface area contributed by atoms with Crippen molar-refractivity contribution >= 4 is 29.6 Å². The van der Waals surface area contributed by atoms with E-state index in [0.29, 0.717) is 35.7 Å². The highest BCUT2D eigenvalue weighted by Crippen LogP contribution is 2.27. The lowest BCUT2D eigenvalue weighted by molar-refractivity contribution is -0.139. The van der Waals surface area contributed by atoms with Gasteiger partial charge in [0.1, 0.15) is 5.82 Å². The van der Waals surface area contributed by atoms with Crippen LogP contribution in [0.25, 0.3) is 0 Å². The molecule has 0 saturated heterocycles. The summed E-state index contributed by atoms with van der Waals surface area (Å²) in [5.74, 6) is -1.87. The molecule has 186 valence electrons. The molecule has 0 radical (unpaired) electrons. The predicted molar refractivity (Wildman–Crippen MR) is 132 cm³/mol. The molecule has 0 aliphatic carbocycles. The lowest BCUT2D eigenvalue weighted by Crippen LogP contribution is -2.38. The summed E-state index contributed by atoms with van der Waals surface area (Å²) in [5.41, 5.74) is 4.21. The fraction of sp³-hybridized carbons (Fsp3) is 0.154. The van der Waals surface area contributed by atoms with Crippen LogP contribution in [0.15, 0.2) is 77.9 Å². The molecule has 0 unspecified atom stereocenters. The summed E-state index contributed by atoms with van der Waals surface area (Å²) < 4.78 is 23.8. The molecule has 0 atom stereocenters. The predicted octanol–water partition coefficient (Wildman–Crippen LogP) is 2.66. The summed E-state index contributed by atoms with van der Waals surface area (Å²) in [6.07, 6.45) is 1.94. The van der Waals surface area contributed by atoms with Crippen LogP contribution in [0, 0.1) is 5.82 Å². The Morgan fingerprint density at radius 3 is 2.42 bits per heavy atom. The topological polar surface area (TPSA) is 118 Å². The van der Waals surface area contributed by atoms with Crippen molar-refractivity contribution in [1.29, 1.82) is 0 Å². The molecule has 3 N–H and O–H groups in total. The van der Waals surface area contributed by atoms with Gasteiger partial charge in [0.05, 0.1) is 13.3 Å². The van der Waals surface area contributed by atoms with E-state index in [9.17, 15) is 18.8 Å². The molecule has 9 nitrogen and oxygen atoms in total. The van der Waals surface area contributed by atoms with Crippen LogP contribution in [0.2, 0.25) is 0 Å². The third kappa shape index (κ3) is 8.24. The summed E-state index contributed by atoms with van der Waals surface area (Å²) in [6.45, 7) is 0.0250. The number of carbonyl (C=O) groups is 3. The first-order valence-corrected chi connectivity index (χ1v) is 11.0. The van der Waals surface area contributed by atoms with Gasteiger partial charge in [-0.1, -0.05) is 30.3 Å². The van der Waals surface area contributed by atoms with E-state index < -0.39 is 23.5 Å². The maximum Gasteiger partial charge on any atom is 0.329 e. The number of amides is 3. The Labute approximate surface area is 207 Å². The maximum atomic E-state index is 13.0. The van der Waals surface area contributed by atoms with Gasteiger partial charge in [0, 0.05) is 12.2 Å². The maximum absolute atomic E-state index is 13.0. The molecular weight excluding hydrogens is 467 g/mol. The molecule has 3 amide bonds. The number of nitrogens with zero attached hydrogens (tertiary/aromatic N) is 1. The van der Waals surface area contributed by atoms with E-state index in [1.165, 1.54) is 37.6 Å². The molecule has 3 aromatic carbocycles. The van der Waals surface area contributed by atoms with Crippen molar-refractivity contribution in [3.05, 3.63) is 89.7 Å². The average molecular weight is 493 g/mol. The van der Waals surface area contributed by atoms with E-state index in [1.54, 1.807) is 18.2 Å². The van der Waals surface area contributed by atoms with E-state index in [2.05, 4.69) is 21.2 Å². The van der Waals surface area contributed by atoms with E-state index in [4.69, 9.17) is 9.47 Å². The van der Waals surface area contributed by atoms with Gasteiger partial charge in [-0.15, -0.1) is 0 Å². The molecule has 36 heavy (non-hydrogen) atoms. The smallest absolute Gasteiger partial charge is 0.329 e. The first kappa shape index (κ1) is 25.9. The fourth-order valence-electron chi connectivity index (χ4n) is 3.02. The van der Waals surface area contributed by atoms with Gasteiger partial charge in [0.15, 0.2) is 18.1 Å². The summed E-state index contributed by atoms with van der Waals surface area (Å²) in [5, 5.41) is 8.92. The number of anilines is 1. The van der Waals surface area contributed by atoms with Gasteiger partial charge in [-0.3, -0.25) is 14.4 Å². The summed E-state index contributed by atoms with van der Waals surface area (Å²) in [7, 11) is 1.43. The van der Waals surface area contributed by atoms with Crippen LogP contribution in [-0.4, -0.2) is 44.2 Å². The van der Waals surface area contributed by atoms with Gasteiger partial charge in [0.25, 0.3) is 5.91 Å². The van der Waals surface area contributed by atoms with E-state index in [1.807, 2.05) is 30.3 Å². The average Bonchev–Trinajstić information content (AvgIpc) is 2.89. The van der Waals surface area contributed by atoms with Crippen molar-refractivity contribution < 1.29 is 28.2 Å². The van der Waals surface area contributed by atoms with Gasteiger partial charge < -0.3 is 20.1 Å². The van der Waals surface area contributed by atoms with Gasteiger partial charge in [-0.25, -0.2) is 9.82 Å². The molecular formula is C26H25FN4O5. The Hall–Kier alpha value is -4.73. The number of ether oxygens (including phenoxy) is 2. The Morgan fingerprint density at radius 1 is 0.944 bits per heavy atom. The Kier molecular flexibility index (Phi) is 9.51. The first-order valence-electron chi connectivity index (χ1n) is 11.0. The minimum absolute atomic E-state index is 0.295. The Balaban J connectivity index is 1.45. The van der Waals surface area contributed by atoms with Crippen molar-refractivity contribution in [2.24, 2.45) is 5.10 Å². The zero-order valence-corrected chi connectivity index (χ0v) is 19.5. The van der Waals surface area contributed by atoms with Crippen LogP contribution in [0.5, 0.6) is 11.5 Å². The molecule has 0 fully saturated rings. The largest absolute Gasteiger partial charge is 0.493 e. The molecule has 0 aromatic heterocycles. The van der Waals surface area contributed by atoms with Crippen LogP contribution in [0.3, 0.4) is 0 Å². The SMILES string of the molecule is COc1cc(/C=N\NC(=O)C(=O)NCCc2ccccc2)ccc1OCC(=O)Nc1ccc(F)cc1. The molecule has 3 aromatic rings. The van der Waals surface area contributed by atoms with Crippen molar-refractivity contribution in [3.63, 3.8) is 0 Å². The fourth-order valence-corrected chi connectivity index (χ4v) is 3.02. The molecule has 0 heterocycles. The molecule has 0 spiro atoms. The first-order chi connectivity index (χ1) is 17.4. The Morgan fingerprint density at radius 2 is 1.69 bits per heavy atom. The zero-order chi connectivity index (χ0) is 25.8. The number of halogens is 1. The lowest BCUT2D eigenvalue weighted by Gasteiger charge is -2.11. The highest BCUT2D eigenvalue weighted by molar-refractivity contribution is 6.35. The van der Waals surface area contributed by atoms with E-state index in [-0.39, 0.29) is 6.61 Å². The number of hydrazone groups is 1. The number of nitrogens with one attached hydrogen (secondary N) is 3. The lowest BCUT2D eigenvalue weighted by atomic mass is 10.1. The normalized spacial score (nSPS) is 10.5. The third-order valence-electron chi connectivity index (χ3n) is 4.80. The second-order valence-corrected chi connectivity index (χ2v) is 7.44. The van der Waals surface area contributed by atoms with Gasteiger partial charge in [0.2, 0.25) is 0 Å².